The van der Waals surface area contributed by atoms with Gasteiger partial charge in [0.1, 0.15) is 5.78 Å². The largest absolute Gasteiger partial charge is 0.298 e. The van der Waals surface area contributed by atoms with Gasteiger partial charge in [-0.15, -0.1) is 0 Å². The van der Waals surface area contributed by atoms with Crippen LogP contribution in [0.15, 0.2) is 0 Å². The lowest BCUT2D eigenvalue weighted by atomic mass is 10.1. The standard InChI is InChI=1S/C6H10OS/c1-6(8)4-2-3-5(6)7/h8H,2-4H2,1H3. The van der Waals surface area contributed by atoms with E-state index >= 15 is 0 Å². The molecular weight excluding hydrogens is 120 g/mol. The van der Waals surface area contributed by atoms with Crippen molar-refractivity contribution in [2.24, 2.45) is 0 Å². The number of hydrogen-bond acceptors (Lipinski definition) is 2. The van der Waals surface area contributed by atoms with Crippen molar-refractivity contribution in [2.45, 2.75) is 30.9 Å². The maximum absolute atomic E-state index is 10.8. The van der Waals surface area contributed by atoms with E-state index in [1.165, 1.54) is 0 Å². The Morgan fingerprint density at radius 2 is 2.38 bits per heavy atom. The molecule has 1 aliphatic carbocycles. The second-order valence-corrected chi connectivity index (χ2v) is 3.54. The molecule has 1 aliphatic rings. The smallest absolute Gasteiger partial charge is 0.148 e. The van der Waals surface area contributed by atoms with Crippen LogP contribution in [0, 0.1) is 0 Å². The second kappa shape index (κ2) is 1.76. The van der Waals surface area contributed by atoms with Crippen molar-refractivity contribution in [3.63, 3.8) is 0 Å². The van der Waals surface area contributed by atoms with E-state index < -0.39 is 0 Å². The summed E-state index contributed by atoms with van der Waals surface area (Å²) in [4.78, 5) is 10.8. The lowest BCUT2D eigenvalue weighted by Crippen LogP contribution is -2.21. The van der Waals surface area contributed by atoms with Gasteiger partial charge in [-0.3, -0.25) is 4.79 Å². The van der Waals surface area contributed by atoms with Crippen LogP contribution in [0.2, 0.25) is 0 Å². The van der Waals surface area contributed by atoms with E-state index in [1.54, 1.807) is 0 Å². The molecule has 46 valence electrons. The van der Waals surface area contributed by atoms with Gasteiger partial charge < -0.3 is 0 Å². The summed E-state index contributed by atoms with van der Waals surface area (Å²) in [7, 11) is 0. The molecule has 0 N–H and O–H groups in total. The van der Waals surface area contributed by atoms with Gasteiger partial charge in [-0.2, -0.15) is 12.6 Å². The Hall–Kier alpha value is 0.0200. The van der Waals surface area contributed by atoms with Gasteiger partial charge in [0.2, 0.25) is 0 Å². The lowest BCUT2D eigenvalue weighted by Gasteiger charge is -2.11. The van der Waals surface area contributed by atoms with Gasteiger partial charge in [-0.25, -0.2) is 0 Å². The summed E-state index contributed by atoms with van der Waals surface area (Å²) in [5.41, 5.74) is 0. The Morgan fingerprint density at radius 1 is 1.75 bits per heavy atom. The molecule has 0 amide bonds. The second-order valence-electron chi connectivity index (χ2n) is 2.55. The molecule has 1 rings (SSSR count). The van der Waals surface area contributed by atoms with Crippen LogP contribution < -0.4 is 0 Å². The average molecular weight is 130 g/mol. The molecule has 1 atom stereocenters. The number of ketones is 1. The van der Waals surface area contributed by atoms with Crippen LogP contribution in [0.5, 0.6) is 0 Å². The minimum Gasteiger partial charge on any atom is -0.298 e. The molecule has 1 saturated carbocycles. The Labute approximate surface area is 54.9 Å². The fourth-order valence-electron chi connectivity index (χ4n) is 1.00. The van der Waals surface area contributed by atoms with Crippen LogP contribution in [0.4, 0.5) is 0 Å². The van der Waals surface area contributed by atoms with Gasteiger partial charge in [0.05, 0.1) is 4.75 Å². The van der Waals surface area contributed by atoms with Crippen LogP contribution in [0.1, 0.15) is 26.2 Å². The normalized spacial score (nSPS) is 38.5. The summed E-state index contributed by atoms with van der Waals surface area (Å²) in [6.07, 6.45) is 2.72. The highest BCUT2D eigenvalue weighted by molar-refractivity contribution is 7.82. The summed E-state index contributed by atoms with van der Waals surface area (Å²) >= 11 is 4.19. The predicted molar refractivity (Wildman–Crippen MR) is 36.2 cm³/mol. The molecule has 0 aliphatic heterocycles. The minimum absolute atomic E-state index is 0.292. The molecule has 1 fully saturated rings. The van der Waals surface area contributed by atoms with Gasteiger partial charge in [0, 0.05) is 6.42 Å². The van der Waals surface area contributed by atoms with E-state index in [1.807, 2.05) is 6.92 Å². The fraction of sp³-hybridized carbons (Fsp3) is 0.833. The first-order chi connectivity index (χ1) is 3.63. The predicted octanol–water partition coefficient (Wildman–Crippen LogP) is 1.43. The maximum Gasteiger partial charge on any atom is 0.148 e. The quantitative estimate of drug-likeness (QED) is 0.491. The van der Waals surface area contributed by atoms with E-state index in [0.29, 0.717) is 5.78 Å². The molecule has 1 nitrogen and oxygen atoms in total. The topological polar surface area (TPSA) is 17.1 Å². The Morgan fingerprint density at radius 3 is 2.50 bits per heavy atom. The molecule has 0 aromatic heterocycles. The molecule has 0 radical (unpaired) electrons. The van der Waals surface area contributed by atoms with Crippen molar-refractivity contribution in [1.29, 1.82) is 0 Å². The number of carbonyl (C=O) groups is 1. The van der Waals surface area contributed by atoms with Crippen LogP contribution in [0.25, 0.3) is 0 Å². The molecule has 0 saturated heterocycles. The van der Waals surface area contributed by atoms with Crippen molar-refractivity contribution in [1.82, 2.24) is 0 Å². The number of hydrogen-bond donors (Lipinski definition) is 1. The minimum atomic E-state index is -0.292. The zero-order chi connectivity index (χ0) is 6.20. The molecular formula is C6H10OS. The molecule has 8 heavy (non-hydrogen) atoms. The summed E-state index contributed by atoms with van der Waals surface area (Å²) in [5, 5.41) is 0. The Bertz CT molecular complexity index is 118. The van der Waals surface area contributed by atoms with Crippen molar-refractivity contribution in [3.8, 4) is 0 Å². The highest BCUT2D eigenvalue weighted by atomic mass is 32.1. The van der Waals surface area contributed by atoms with Gasteiger partial charge in [0.25, 0.3) is 0 Å². The third-order valence-corrected chi connectivity index (χ3v) is 2.14. The summed E-state index contributed by atoms with van der Waals surface area (Å²) < 4.78 is -0.292. The fourth-order valence-corrected chi connectivity index (χ4v) is 1.27. The Balaban J connectivity index is 2.68. The number of Topliss-reactive ketones (excluding diaryl/α,β-unsaturated/α-hetero) is 1. The first-order valence-electron chi connectivity index (χ1n) is 2.88. The number of carbonyl (C=O) groups excluding carboxylic acids is 1. The number of rotatable bonds is 0. The highest BCUT2D eigenvalue weighted by Crippen LogP contribution is 2.30. The van der Waals surface area contributed by atoms with E-state index in [4.69, 9.17) is 0 Å². The zero-order valence-electron chi connectivity index (χ0n) is 4.98. The summed E-state index contributed by atoms with van der Waals surface area (Å²) in [6, 6.07) is 0. The molecule has 0 bridgehead atoms. The van der Waals surface area contributed by atoms with Gasteiger partial charge >= 0.3 is 0 Å². The molecule has 0 spiro atoms. The van der Waals surface area contributed by atoms with Gasteiger partial charge in [0.15, 0.2) is 0 Å². The van der Waals surface area contributed by atoms with Crippen LogP contribution in [-0.2, 0) is 4.79 Å². The van der Waals surface area contributed by atoms with Crippen molar-refractivity contribution < 1.29 is 4.79 Å². The van der Waals surface area contributed by atoms with Crippen LogP contribution in [-0.4, -0.2) is 10.5 Å². The van der Waals surface area contributed by atoms with Gasteiger partial charge in [-0.1, -0.05) is 0 Å². The SMILES string of the molecule is CC1(S)CCCC1=O. The number of thiol groups is 1. The summed E-state index contributed by atoms with van der Waals surface area (Å²) in [6.45, 7) is 1.89. The van der Waals surface area contributed by atoms with E-state index in [9.17, 15) is 4.79 Å². The van der Waals surface area contributed by atoms with Crippen molar-refractivity contribution >= 4 is 18.4 Å². The van der Waals surface area contributed by atoms with Crippen molar-refractivity contribution in [2.75, 3.05) is 0 Å². The van der Waals surface area contributed by atoms with E-state index in [0.717, 1.165) is 19.3 Å². The van der Waals surface area contributed by atoms with Crippen molar-refractivity contribution in [3.05, 3.63) is 0 Å². The zero-order valence-corrected chi connectivity index (χ0v) is 5.87. The van der Waals surface area contributed by atoms with Crippen LogP contribution >= 0.6 is 12.6 Å². The molecule has 1 unspecified atom stereocenters. The maximum atomic E-state index is 10.8. The molecule has 0 aromatic carbocycles. The Kier molecular flexibility index (Phi) is 1.35. The third-order valence-electron chi connectivity index (χ3n) is 1.67. The summed E-state index contributed by atoms with van der Waals surface area (Å²) in [5.74, 6) is 0.306. The molecule has 0 heterocycles. The first-order valence-corrected chi connectivity index (χ1v) is 3.33. The monoisotopic (exact) mass is 130 g/mol. The molecule has 2 heteroatoms. The first kappa shape index (κ1) is 6.14. The highest BCUT2D eigenvalue weighted by Gasteiger charge is 2.32. The van der Waals surface area contributed by atoms with E-state index in [2.05, 4.69) is 12.6 Å². The van der Waals surface area contributed by atoms with E-state index in [-0.39, 0.29) is 4.75 Å². The third kappa shape index (κ3) is 0.895. The van der Waals surface area contributed by atoms with Crippen LogP contribution in [0.3, 0.4) is 0 Å². The molecule has 0 aromatic rings. The lowest BCUT2D eigenvalue weighted by molar-refractivity contribution is -0.118. The van der Waals surface area contributed by atoms with Gasteiger partial charge in [-0.05, 0) is 19.8 Å². The average Bonchev–Trinajstić information content (AvgIpc) is 1.86.